The fourth-order valence-electron chi connectivity index (χ4n) is 1.04. The van der Waals surface area contributed by atoms with E-state index in [-0.39, 0.29) is 12.4 Å². The maximum absolute atomic E-state index is 5.24. The number of nitrogens with zero attached hydrogens (tertiary/aromatic N) is 2. The van der Waals surface area contributed by atoms with E-state index in [1.54, 1.807) is 0 Å². The molecule has 1 aromatic rings. The number of anilines is 1. The van der Waals surface area contributed by atoms with Gasteiger partial charge in [0.25, 0.3) is 0 Å². The fraction of sp³-hybridized carbons (Fsp3) is 0.500. The standard InChI is InChI=1S/C8H14N4.ClH/c1-3-4-7-10-6(2)5-8(11-7)12-9;/h5H,3-4,9H2,1-2H3,(H,10,11,12);1H. The van der Waals surface area contributed by atoms with Crippen molar-refractivity contribution in [3.63, 3.8) is 0 Å². The monoisotopic (exact) mass is 202 g/mol. The molecule has 5 heteroatoms. The number of aryl methyl sites for hydroxylation is 2. The largest absolute Gasteiger partial charge is 0.308 e. The van der Waals surface area contributed by atoms with Gasteiger partial charge in [-0.15, -0.1) is 12.4 Å². The van der Waals surface area contributed by atoms with Crippen LogP contribution in [0.15, 0.2) is 6.07 Å². The van der Waals surface area contributed by atoms with Crippen LogP contribution in [-0.2, 0) is 6.42 Å². The third-order valence-corrected chi connectivity index (χ3v) is 1.52. The number of hydrogen-bond acceptors (Lipinski definition) is 4. The molecule has 0 aliphatic carbocycles. The Hall–Kier alpha value is -0.870. The van der Waals surface area contributed by atoms with Crippen LogP contribution in [0.2, 0.25) is 0 Å². The van der Waals surface area contributed by atoms with Crippen molar-refractivity contribution in [1.82, 2.24) is 9.97 Å². The third-order valence-electron chi connectivity index (χ3n) is 1.52. The lowest BCUT2D eigenvalue weighted by molar-refractivity contribution is 0.825. The van der Waals surface area contributed by atoms with Crippen molar-refractivity contribution in [3.05, 3.63) is 17.6 Å². The Morgan fingerprint density at radius 1 is 1.46 bits per heavy atom. The van der Waals surface area contributed by atoms with Crippen LogP contribution < -0.4 is 11.3 Å². The molecular weight excluding hydrogens is 188 g/mol. The maximum atomic E-state index is 5.24. The van der Waals surface area contributed by atoms with E-state index in [9.17, 15) is 0 Å². The van der Waals surface area contributed by atoms with Crippen LogP contribution >= 0.6 is 12.4 Å². The van der Waals surface area contributed by atoms with Gasteiger partial charge in [0.2, 0.25) is 0 Å². The molecule has 0 radical (unpaired) electrons. The average Bonchev–Trinajstić information content (AvgIpc) is 2.04. The highest BCUT2D eigenvalue weighted by atomic mass is 35.5. The molecular formula is C8H15ClN4. The molecule has 0 unspecified atom stereocenters. The SMILES string of the molecule is CCCc1nc(C)cc(NN)n1.Cl. The van der Waals surface area contributed by atoms with Crippen LogP contribution in [0.3, 0.4) is 0 Å². The van der Waals surface area contributed by atoms with Crippen molar-refractivity contribution in [2.45, 2.75) is 26.7 Å². The van der Waals surface area contributed by atoms with Crippen LogP contribution in [0, 0.1) is 6.92 Å². The number of hydrazine groups is 1. The highest BCUT2D eigenvalue weighted by Crippen LogP contribution is 2.05. The molecule has 13 heavy (non-hydrogen) atoms. The molecule has 0 saturated heterocycles. The molecule has 1 heterocycles. The minimum absolute atomic E-state index is 0. The molecule has 0 bridgehead atoms. The second kappa shape index (κ2) is 5.72. The lowest BCUT2D eigenvalue weighted by atomic mass is 10.3. The van der Waals surface area contributed by atoms with Gasteiger partial charge in [-0.1, -0.05) is 6.92 Å². The highest BCUT2D eigenvalue weighted by Gasteiger charge is 1.98. The van der Waals surface area contributed by atoms with E-state index in [0.29, 0.717) is 5.82 Å². The molecule has 1 aromatic heterocycles. The third kappa shape index (κ3) is 3.57. The summed E-state index contributed by atoms with van der Waals surface area (Å²) in [5.41, 5.74) is 3.46. The van der Waals surface area contributed by atoms with Crippen LogP contribution in [0.1, 0.15) is 24.9 Å². The molecule has 0 aromatic carbocycles. The van der Waals surface area contributed by atoms with Gasteiger partial charge < -0.3 is 5.43 Å². The number of rotatable bonds is 3. The summed E-state index contributed by atoms with van der Waals surface area (Å²) in [6.07, 6.45) is 1.95. The van der Waals surface area contributed by atoms with Crippen molar-refractivity contribution in [2.75, 3.05) is 5.43 Å². The molecule has 0 saturated carbocycles. The normalized spacial score (nSPS) is 9.15. The summed E-state index contributed by atoms with van der Waals surface area (Å²) >= 11 is 0. The number of halogens is 1. The molecule has 0 spiro atoms. The first-order valence-corrected chi connectivity index (χ1v) is 4.07. The van der Waals surface area contributed by atoms with Crippen LogP contribution in [0.4, 0.5) is 5.82 Å². The number of nitrogens with two attached hydrogens (primary N) is 1. The lowest BCUT2D eigenvalue weighted by Gasteiger charge is -2.03. The van der Waals surface area contributed by atoms with Crippen LogP contribution in [0.25, 0.3) is 0 Å². The first kappa shape index (κ1) is 12.1. The fourth-order valence-corrected chi connectivity index (χ4v) is 1.04. The van der Waals surface area contributed by atoms with Gasteiger partial charge in [0.05, 0.1) is 0 Å². The van der Waals surface area contributed by atoms with E-state index in [1.807, 2.05) is 13.0 Å². The summed E-state index contributed by atoms with van der Waals surface area (Å²) in [6, 6.07) is 1.82. The van der Waals surface area contributed by atoms with E-state index in [0.717, 1.165) is 24.4 Å². The molecule has 0 aliphatic rings. The van der Waals surface area contributed by atoms with Gasteiger partial charge in [-0.05, 0) is 13.3 Å². The second-order valence-corrected chi connectivity index (χ2v) is 2.71. The molecule has 4 nitrogen and oxygen atoms in total. The van der Waals surface area contributed by atoms with Gasteiger partial charge in [0, 0.05) is 18.2 Å². The summed E-state index contributed by atoms with van der Waals surface area (Å²) in [5, 5.41) is 0. The van der Waals surface area contributed by atoms with E-state index in [4.69, 9.17) is 5.84 Å². The molecule has 0 amide bonds. The van der Waals surface area contributed by atoms with Gasteiger partial charge >= 0.3 is 0 Å². The van der Waals surface area contributed by atoms with E-state index >= 15 is 0 Å². The summed E-state index contributed by atoms with van der Waals surface area (Å²) in [4.78, 5) is 8.46. The zero-order valence-corrected chi connectivity index (χ0v) is 8.69. The molecule has 0 atom stereocenters. The van der Waals surface area contributed by atoms with E-state index in [1.165, 1.54) is 0 Å². The molecule has 1 rings (SSSR count). The first-order valence-electron chi connectivity index (χ1n) is 4.07. The molecule has 74 valence electrons. The van der Waals surface area contributed by atoms with E-state index in [2.05, 4.69) is 22.3 Å². The topological polar surface area (TPSA) is 63.8 Å². The number of nitrogen functional groups attached to an aromatic ring is 1. The predicted molar refractivity (Wildman–Crippen MR) is 55.8 cm³/mol. The van der Waals surface area contributed by atoms with Crippen molar-refractivity contribution in [3.8, 4) is 0 Å². The smallest absolute Gasteiger partial charge is 0.143 e. The summed E-state index contributed by atoms with van der Waals surface area (Å²) in [5.74, 6) is 6.78. The predicted octanol–water partition coefficient (Wildman–Crippen LogP) is 1.44. The quantitative estimate of drug-likeness (QED) is 0.575. The van der Waals surface area contributed by atoms with Gasteiger partial charge in [0.15, 0.2) is 0 Å². The number of aromatic nitrogens is 2. The van der Waals surface area contributed by atoms with Crippen molar-refractivity contribution >= 4 is 18.2 Å². The summed E-state index contributed by atoms with van der Waals surface area (Å²) in [7, 11) is 0. The zero-order chi connectivity index (χ0) is 8.97. The lowest BCUT2D eigenvalue weighted by Crippen LogP contribution is -2.10. The Bertz CT molecular complexity index is 264. The Morgan fingerprint density at radius 3 is 2.69 bits per heavy atom. The molecule has 0 fully saturated rings. The summed E-state index contributed by atoms with van der Waals surface area (Å²) < 4.78 is 0. The molecule has 0 aliphatic heterocycles. The van der Waals surface area contributed by atoms with E-state index < -0.39 is 0 Å². The van der Waals surface area contributed by atoms with Crippen molar-refractivity contribution < 1.29 is 0 Å². The maximum Gasteiger partial charge on any atom is 0.143 e. The van der Waals surface area contributed by atoms with Crippen molar-refractivity contribution in [2.24, 2.45) is 5.84 Å². The Kier molecular flexibility index (Phi) is 5.34. The highest BCUT2D eigenvalue weighted by molar-refractivity contribution is 5.85. The second-order valence-electron chi connectivity index (χ2n) is 2.71. The van der Waals surface area contributed by atoms with Crippen molar-refractivity contribution in [1.29, 1.82) is 0 Å². The molecule has 3 N–H and O–H groups in total. The summed E-state index contributed by atoms with van der Waals surface area (Å²) in [6.45, 7) is 4.03. The minimum atomic E-state index is 0. The van der Waals surface area contributed by atoms with Gasteiger partial charge in [-0.3, -0.25) is 0 Å². The average molecular weight is 203 g/mol. The minimum Gasteiger partial charge on any atom is -0.308 e. The van der Waals surface area contributed by atoms with Gasteiger partial charge in [-0.25, -0.2) is 15.8 Å². The van der Waals surface area contributed by atoms with Gasteiger partial charge in [-0.2, -0.15) is 0 Å². The van der Waals surface area contributed by atoms with Gasteiger partial charge in [0.1, 0.15) is 11.6 Å². The zero-order valence-electron chi connectivity index (χ0n) is 7.87. The van der Waals surface area contributed by atoms with Crippen LogP contribution in [-0.4, -0.2) is 9.97 Å². The first-order chi connectivity index (χ1) is 5.76. The Morgan fingerprint density at radius 2 is 2.15 bits per heavy atom. The van der Waals surface area contributed by atoms with Crippen LogP contribution in [0.5, 0.6) is 0 Å². The number of nitrogens with one attached hydrogen (secondary N) is 1. The Labute approximate surface area is 84.3 Å². The number of hydrogen-bond donors (Lipinski definition) is 2. The Balaban J connectivity index is 0.00000144.